The summed E-state index contributed by atoms with van der Waals surface area (Å²) in [6.45, 7) is 2.79. The molecule has 2 aromatic rings. The molecule has 0 aliphatic carbocycles. The minimum Gasteiger partial charge on any atom is -0.324 e. The fourth-order valence-electron chi connectivity index (χ4n) is 2.88. The Labute approximate surface area is 141 Å². The number of nitrogens with one attached hydrogen (secondary N) is 1. The number of carbonyl (C=O) groups excluding carboxylic acids is 1. The van der Waals surface area contributed by atoms with Crippen molar-refractivity contribution in [2.24, 2.45) is 5.92 Å². The Morgan fingerprint density at radius 1 is 1.22 bits per heavy atom. The normalized spacial score (nSPS) is 16.2. The molecule has 1 aromatic heterocycles. The van der Waals surface area contributed by atoms with Gasteiger partial charge in [-0.25, -0.2) is 0 Å². The number of pyridine rings is 1. The van der Waals surface area contributed by atoms with Crippen molar-refractivity contribution in [3.05, 3.63) is 59.4 Å². The van der Waals surface area contributed by atoms with Gasteiger partial charge in [-0.05, 0) is 55.8 Å². The predicted molar refractivity (Wildman–Crippen MR) is 92.3 cm³/mol. The molecule has 5 heteroatoms. The van der Waals surface area contributed by atoms with Crippen molar-refractivity contribution < 1.29 is 4.79 Å². The summed E-state index contributed by atoms with van der Waals surface area (Å²) in [5.41, 5.74) is 2.02. The Kier molecular flexibility index (Phi) is 5.26. The number of benzene rings is 1. The van der Waals surface area contributed by atoms with E-state index in [1.54, 1.807) is 12.4 Å². The highest BCUT2D eigenvalue weighted by Gasteiger charge is 2.25. The monoisotopic (exact) mass is 329 g/mol. The van der Waals surface area contributed by atoms with Gasteiger partial charge in [0.1, 0.15) is 0 Å². The standard InChI is InChI=1S/C18H20ClN3O/c19-16-5-3-14(4-6-16)13-22-10-7-15(8-11-22)18(23)21-17-2-1-9-20-12-17/h1-6,9,12,15H,7-8,10-11,13H2,(H,21,23). The van der Waals surface area contributed by atoms with E-state index in [9.17, 15) is 4.79 Å². The van der Waals surface area contributed by atoms with Gasteiger partial charge in [0.05, 0.1) is 11.9 Å². The Hall–Kier alpha value is -1.91. The minimum absolute atomic E-state index is 0.0803. The van der Waals surface area contributed by atoms with Crippen molar-refractivity contribution in [3.63, 3.8) is 0 Å². The SMILES string of the molecule is O=C(Nc1cccnc1)C1CCN(Cc2ccc(Cl)cc2)CC1. The van der Waals surface area contributed by atoms with E-state index in [2.05, 4.69) is 27.3 Å². The van der Waals surface area contributed by atoms with Crippen LogP contribution in [0, 0.1) is 5.92 Å². The van der Waals surface area contributed by atoms with Gasteiger partial charge in [0.25, 0.3) is 0 Å². The quantitative estimate of drug-likeness (QED) is 0.932. The number of anilines is 1. The van der Waals surface area contributed by atoms with Gasteiger partial charge in [-0.15, -0.1) is 0 Å². The van der Waals surface area contributed by atoms with Gasteiger partial charge in [-0.2, -0.15) is 0 Å². The van der Waals surface area contributed by atoms with Gasteiger partial charge in [0, 0.05) is 23.7 Å². The van der Waals surface area contributed by atoms with Crippen molar-refractivity contribution in [2.45, 2.75) is 19.4 Å². The molecule has 1 aliphatic rings. The van der Waals surface area contributed by atoms with Crippen LogP contribution in [-0.2, 0) is 11.3 Å². The fraction of sp³-hybridized carbons (Fsp3) is 0.333. The molecule has 2 heterocycles. The van der Waals surface area contributed by atoms with Crippen LogP contribution in [-0.4, -0.2) is 28.9 Å². The second-order valence-corrected chi connectivity index (χ2v) is 6.34. The maximum Gasteiger partial charge on any atom is 0.227 e. The molecule has 23 heavy (non-hydrogen) atoms. The van der Waals surface area contributed by atoms with Gasteiger partial charge in [-0.3, -0.25) is 14.7 Å². The summed E-state index contributed by atoms with van der Waals surface area (Å²) in [6, 6.07) is 11.6. The van der Waals surface area contributed by atoms with E-state index in [1.165, 1.54) is 5.56 Å². The number of halogens is 1. The first-order valence-corrected chi connectivity index (χ1v) is 8.26. The smallest absolute Gasteiger partial charge is 0.227 e. The summed E-state index contributed by atoms with van der Waals surface area (Å²) in [6.07, 6.45) is 5.15. The van der Waals surface area contributed by atoms with Gasteiger partial charge < -0.3 is 5.32 Å². The molecule has 1 aliphatic heterocycles. The molecular formula is C18H20ClN3O. The van der Waals surface area contributed by atoms with E-state index >= 15 is 0 Å². The second kappa shape index (κ2) is 7.57. The second-order valence-electron chi connectivity index (χ2n) is 5.91. The fourth-order valence-corrected chi connectivity index (χ4v) is 3.01. The molecular weight excluding hydrogens is 310 g/mol. The number of hydrogen-bond acceptors (Lipinski definition) is 3. The van der Waals surface area contributed by atoms with E-state index in [4.69, 9.17) is 11.6 Å². The third kappa shape index (κ3) is 4.53. The maximum absolute atomic E-state index is 12.3. The lowest BCUT2D eigenvalue weighted by Gasteiger charge is -2.31. The zero-order valence-corrected chi connectivity index (χ0v) is 13.7. The molecule has 3 rings (SSSR count). The Morgan fingerprint density at radius 2 is 1.96 bits per heavy atom. The third-order valence-electron chi connectivity index (χ3n) is 4.21. The van der Waals surface area contributed by atoms with Crippen LogP contribution in [0.4, 0.5) is 5.69 Å². The van der Waals surface area contributed by atoms with E-state index in [1.807, 2.05) is 24.3 Å². The van der Waals surface area contributed by atoms with Crippen LogP contribution in [0.2, 0.25) is 5.02 Å². The van der Waals surface area contributed by atoms with Crippen molar-refractivity contribution in [1.29, 1.82) is 0 Å². The number of rotatable bonds is 4. The van der Waals surface area contributed by atoms with E-state index in [0.29, 0.717) is 0 Å². The predicted octanol–water partition coefficient (Wildman–Crippen LogP) is 3.59. The number of nitrogens with zero attached hydrogens (tertiary/aromatic N) is 2. The minimum atomic E-state index is 0.0803. The van der Waals surface area contributed by atoms with Gasteiger partial charge in [0.2, 0.25) is 5.91 Å². The Morgan fingerprint density at radius 3 is 2.61 bits per heavy atom. The first kappa shape index (κ1) is 16.0. The molecule has 120 valence electrons. The van der Waals surface area contributed by atoms with Crippen LogP contribution in [0.3, 0.4) is 0 Å². The van der Waals surface area contributed by atoms with Gasteiger partial charge in [0.15, 0.2) is 0 Å². The van der Waals surface area contributed by atoms with Crippen LogP contribution in [0.25, 0.3) is 0 Å². The zero-order valence-electron chi connectivity index (χ0n) is 12.9. The third-order valence-corrected chi connectivity index (χ3v) is 4.46. The van der Waals surface area contributed by atoms with Crippen molar-refractivity contribution >= 4 is 23.2 Å². The lowest BCUT2D eigenvalue weighted by Crippen LogP contribution is -2.37. The molecule has 0 atom stereocenters. The highest BCUT2D eigenvalue weighted by Crippen LogP contribution is 2.21. The summed E-state index contributed by atoms with van der Waals surface area (Å²) in [5.74, 6) is 0.181. The molecule has 0 saturated carbocycles. The summed E-state index contributed by atoms with van der Waals surface area (Å²) in [4.78, 5) is 18.7. The highest BCUT2D eigenvalue weighted by molar-refractivity contribution is 6.30. The largest absolute Gasteiger partial charge is 0.324 e. The summed E-state index contributed by atoms with van der Waals surface area (Å²) in [5, 5.41) is 3.71. The number of carbonyl (C=O) groups is 1. The number of piperidine rings is 1. The Bertz CT molecular complexity index is 637. The lowest BCUT2D eigenvalue weighted by molar-refractivity contribution is -0.121. The van der Waals surface area contributed by atoms with Crippen molar-refractivity contribution in [2.75, 3.05) is 18.4 Å². The average Bonchev–Trinajstić information content (AvgIpc) is 2.58. The lowest BCUT2D eigenvalue weighted by atomic mass is 9.95. The van der Waals surface area contributed by atoms with Crippen LogP contribution in [0.1, 0.15) is 18.4 Å². The summed E-state index contributed by atoms with van der Waals surface area (Å²) in [7, 11) is 0. The van der Waals surface area contributed by atoms with Crippen molar-refractivity contribution in [1.82, 2.24) is 9.88 Å². The van der Waals surface area contributed by atoms with E-state index < -0.39 is 0 Å². The molecule has 0 radical (unpaired) electrons. The maximum atomic E-state index is 12.3. The number of amides is 1. The molecule has 1 aromatic carbocycles. The van der Waals surface area contributed by atoms with Crippen LogP contribution >= 0.6 is 11.6 Å². The molecule has 1 saturated heterocycles. The van der Waals surface area contributed by atoms with Crippen molar-refractivity contribution in [3.8, 4) is 0 Å². The first-order valence-electron chi connectivity index (χ1n) is 7.88. The number of aromatic nitrogens is 1. The average molecular weight is 330 g/mol. The molecule has 1 fully saturated rings. The highest BCUT2D eigenvalue weighted by atomic mass is 35.5. The van der Waals surface area contributed by atoms with E-state index in [0.717, 1.165) is 43.2 Å². The zero-order chi connectivity index (χ0) is 16.1. The first-order chi connectivity index (χ1) is 11.2. The number of likely N-dealkylation sites (tertiary alicyclic amines) is 1. The molecule has 0 spiro atoms. The molecule has 1 N–H and O–H groups in total. The summed E-state index contributed by atoms with van der Waals surface area (Å²) < 4.78 is 0. The Balaban J connectivity index is 1.48. The van der Waals surface area contributed by atoms with E-state index in [-0.39, 0.29) is 11.8 Å². The molecule has 0 unspecified atom stereocenters. The van der Waals surface area contributed by atoms with Gasteiger partial charge >= 0.3 is 0 Å². The summed E-state index contributed by atoms with van der Waals surface area (Å²) >= 11 is 5.91. The van der Waals surface area contributed by atoms with Crippen LogP contribution in [0.15, 0.2) is 48.8 Å². The molecule has 0 bridgehead atoms. The molecule has 4 nitrogen and oxygen atoms in total. The van der Waals surface area contributed by atoms with Crippen LogP contribution < -0.4 is 5.32 Å². The van der Waals surface area contributed by atoms with Crippen LogP contribution in [0.5, 0.6) is 0 Å². The topological polar surface area (TPSA) is 45.2 Å². The number of hydrogen-bond donors (Lipinski definition) is 1. The van der Waals surface area contributed by atoms with Gasteiger partial charge in [-0.1, -0.05) is 23.7 Å². The molecule has 1 amide bonds.